The Morgan fingerprint density at radius 3 is 1.25 bits per heavy atom. The lowest BCUT2D eigenvalue weighted by Crippen LogP contribution is -2.05. The van der Waals surface area contributed by atoms with Gasteiger partial charge < -0.3 is 5.11 Å². The second-order valence-corrected chi connectivity index (χ2v) is 10.1. The standard InChI is InChI=1S/C23H48O4S/c1-2-3-4-14-17-20-23(24)21-18-15-12-10-8-6-5-7-9-11-13-16-19-22-28(25,26)27/h23-24H,2-22H2,1H3,(H,25,26,27). The lowest BCUT2D eigenvalue weighted by atomic mass is 10.0. The second kappa shape index (κ2) is 20.2. The van der Waals surface area contributed by atoms with Gasteiger partial charge >= 0.3 is 0 Å². The average Bonchev–Trinajstić information content (AvgIpc) is 2.63. The molecule has 0 amide bonds. The highest BCUT2D eigenvalue weighted by Gasteiger charge is 2.04. The fourth-order valence-electron chi connectivity index (χ4n) is 3.74. The van der Waals surface area contributed by atoms with Crippen molar-refractivity contribution in [2.45, 2.75) is 141 Å². The highest BCUT2D eigenvalue weighted by Crippen LogP contribution is 2.15. The third-order valence-electron chi connectivity index (χ3n) is 5.58. The van der Waals surface area contributed by atoms with E-state index in [0.717, 1.165) is 25.7 Å². The maximum Gasteiger partial charge on any atom is 0.264 e. The molecule has 0 aromatic heterocycles. The number of hydrogen-bond acceptors (Lipinski definition) is 3. The summed E-state index contributed by atoms with van der Waals surface area (Å²) >= 11 is 0. The summed E-state index contributed by atoms with van der Waals surface area (Å²) in [5, 5.41) is 9.99. The Morgan fingerprint density at radius 1 is 0.571 bits per heavy atom. The van der Waals surface area contributed by atoms with Crippen molar-refractivity contribution in [3.63, 3.8) is 0 Å². The molecule has 1 unspecified atom stereocenters. The first-order chi connectivity index (χ1) is 13.5. The summed E-state index contributed by atoms with van der Waals surface area (Å²) in [4.78, 5) is 0. The van der Waals surface area contributed by atoms with Crippen molar-refractivity contribution < 1.29 is 18.1 Å². The van der Waals surface area contributed by atoms with E-state index in [0.29, 0.717) is 6.42 Å². The molecule has 0 aliphatic heterocycles. The number of aliphatic hydroxyl groups is 1. The predicted molar refractivity (Wildman–Crippen MR) is 120 cm³/mol. The monoisotopic (exact) mass is 420 g/mol. The number of aliphatic hydroxyl groups excluding tert-OH is 1. The van der Waals surface area contributed by atoms with Gasteiger partial charge in [-0.05, 0) is 19.3 Å². The molecule has 0 aromatic rings. The quantitative estimate of drug-likeness (QED) is 0.145. The van der Waals surface area contributed by atoms with Crippen LogP contribution >= 0.6 is 0 Å². The van der Waals surface area contributed by atoms with E-state index in [4.69, 9.17) is 4.55 Å². The van der Waals surface area contributed by atoms with Gasteiger partial charge in [-0.1, -0.05) is 116 Å². The molecule has 0 spiro atoms. The summed E-state index contributed by atoms with van der Waals surface area (Å²) in [6.45, 7) is 2.23. The topological polar surface area (TPSA) is 74.6 Å². The minimum absolute atomic E-state index is 0.0744. The van der Waals surface area contributed by atoms with Crippen molar-refractivity contribution in [3.05, 3.63) is 0 Å². The van der Waals surface area contributed by atoms with E-state index in [2.05, 4.69) is 6.92 Å². The fraction of sp³-hybridized carbons (Fsp3) is 1.00. The molecule has 0 fully saturated rings. The van der Waals surface area contributed by atoms with Gasteiger partial charge in [0, 0.05) is 0 Å². The molecule has 0 aliphatic rings. The van der Waals surface area contributed by atoms with Crippen molar-refractivity contribution >= 4 is 10.1 Å². The van der Waals surface area contributed by atoms with Crippen LogP contribution in [-0.4, -0.2) is 29.9 Å². The van der Waals surface area contributed by atoms with Gasteiger partial charge in [-0.3, -0.25) is 4.55 Å². The maximum atomic E-state index is 10.6. The van der Waals surface area contributed by atoms with Gasteiger partial charge in [-0.15, -0.1) is 0 Å². The summed E-state index contributed by atoms with van der Waals surface area (Å²) in [6.07, 6.45) is 23.5. The van der Waals surface area contributed by atoms with Crippen molar-refractivity contribution in [2.75, 3.05) is 5.75 Å². The Morgan fingerprint density at radius 2 is 0.893 bits per heavy atom. The highest BCUT2D eigenvalue weighted by atomic mass is 32.2. The molecule has 170 valence electrons. The molecule has 0 aliphatic carbocycles. The fourth-order valence-corrected chi connectivity index (χ4v) is 4.31. The van der Waals surface area contributed by atoms with Crippen LogP contribution in [0.3, 0.4) is 0 Å². The molecular weight excluding hydrogens is 372 g/mol. The Kier molecular flexibility index (Phi) is 20.1. The van der Waals surface area contributed by atoms with Crippen LogP contribution in [0.25, 0.3) is 0 Å². The van der Waals surface area contributed by atoms with E-state index in [1.807, 2.05) is 0 Å². The van der Waals surface area contributed by atoms with Crippen LogP contribution in [0.4, 0.5) is 0 Å². The molecule has 2 N–H and O–H groups in total. The SMILES string of the molecule is CCCCCCCC(O)CCCCCCCCCCCCCCCS(=O)(=O)O. The van der Waals surface area contributed by atoms with Crippen LogP contribution in [0.1, 0.15) is 135 Å². The summed E-state index contributed by atoms with van der Waals surface area (Å²) in [5.41, 5.74) is 0. The molecule has 0 heterocycles. The molecule has 28 heavy (non-hydrogen) atoms. The molecule has 0 saturated carbocycles. The van der Waals surface area contributed by atoms with Gasteiger partial charge in [0.2, 0.25) is 0 Å². The maximum absolute atomic E-state index is 10.6. The zero-order chi connectivity index (χ0) is 20.9. The van der Waals surface area contributed by atoms with Gasteiger partial charge in [0.1, 0.15) is 0 Å². The summed E-state index contributed by atoms with van der Waals surface area (Å²) in [5.74, 6) is -0.0923. The van der Waals surface area contributed by atoms with Gasteiger partial charge in [0.25, 0.3) is 10.1 Å². The molecule has 4 nitrogen and oxygen atoms in total. The zero-order valence-electron chi connectivity index (χ0n) is 18.5. The molecule has 0 rings (SSSR count). The van der Waals surface area contributed by atoms with E-state index >= 15 is 0 Å². The predicted octanol–water partition coefficient (Wildman–Crippen LogP) is 7.06. The summed E-state index contributed by atoms with van der Waals surface area (Å²) in [6, 6.07) is 0. The first-order valence-electron chi connectivity index (χ1n) is 12.1. The van der Waals surface area contributed by atoms with E-state index in [1.54, 1.807) is 0 Å². The number of rotatable bonds is 22. The molecule has 5 heteroatoms. The van der Waals surface area contributed by atoms with Crippen molar-refractivity contribution in [3.8, 4) is 0 Å². The molecule has 0 saturated heterocycles. The van der Waals surface area contributed by atoms with Crippen LogP contribution in [0.5, 0.6) is 0 Å². The molecule has 0 radical (unpaired) electrons. The van der Waals surface area contributed by atoms with E-state index in [1.165, 1.54) is 96.3 Å². The first-order valence-corrected chi connectivity index (χ1v) is 13.7. The summed E-state index contributed by atoms with van der Waals surface area (Å²) in [7, 11) is -3.76. The highest BCUT2D eigenvalue weighted by molar-refractivity contribution is 7.85. The normalized spacial score (nSPS) is 13.1. The van der Waals surface area contributed by atoms with Crippen LogP contribution < -0.4 is 0 Å². The van der Waals surface area contributed by atoms with E-state index in [-0.39, 0.29) is 11.9 Å². The van der Waals surface area contributed by atoms with Crippen molar-refractivity contribution in [1.82, 2.24) is 0 Å². The second-order valence-electron chi connectivity index (χ2n) is 8.53. The summed E-state index contributed by atoms with van der Waals surface area (Å²) < 4.78 is 29.8. The Hall–Kier alpha value is -0.130. The molecule has 0 aromatic carbocycles. The third kappa shape index (κ3) is 23.9. The lowest BCUT2D eigenvalue weighted by Gasteiger charge is -2.10. The van der Waals surface area contributed by atoms with E-state index < -0.39 is 10.1 Å². The van der Waals surface area contributed by atoms with Gasteiger partial charge in [0.05, 0.1) is 11.9 Å². The van der Waals surface area contributed by atoms with Crippen LogP contribution in [0, 0.1) is 0 Å². The average molecular weight is 421 g/mol. The minimum Gasteiger partial charge on any atom is -0.393 e. The minimum atomic E-state index is -3.76. The number of unbranched alkanes of at least 4 members (excludes halogenated alkanes) is 16. The Balaban J connectivity index is 3.15. The smallest absolute Gasteiger partial charge is 0.264 e. The lowest BCUT2D eigenvalue weighted by molar-refractivity contribution is 0.147. The number of hydrogen-bond donors (Lipinski definition) is 2. The van der Waals surface area contributed by atoms with Crippen LogP contribution in [-0.2, 0) is 10.1 Å². The third-order valence-corrected chi connectivity index (χ3v) is 6.39. The molecule has 0 bridgehead atoms. The Labute approximate surface area is 175 Å². The Bertz CT molecular complexity index is 409. The molecule has 1 atom stereocenters. The van der Waals surface area contributed by atoms with Crippen LogP contribution in [0.2, 0.25) is 0 Å². The van der Waals surface area contributed by atoms with Gasteiger partial charge in [0.15, 0.2) is 0 Å². The first kappa shape index (κ1) is 27.9. The largest absolute Gasteiger partial charge is 0.393 e. The van der Waals surface area contributed by atoms with Crippen LogP contribution in [0.15, 0.2) is 0 Å². The zero-order valence-corrected chi connectivity index (χ0v) is 19.4. The van der Waals surface area contributed by atoms with Gasteiger partial charge in [-0.2, -0.15) is 8.42 Å². The van der Waals surface area contributed by atoms with Crippen molar-refractivity contribution in [2.24, 2.45) is 0 Å². The molecular formula is C23H48O4S. The van der Waals surface area contributed by atoms with Gasteiger partial charge in [-0.25, -0.2) is 0 Å². The van der Waals surface area contributed by atoms with Crippen molar-refractivity contribution in [1.29, 1.82) is 0 Å². The van der Waals surface area contributed by atoms with E-state index in [9.17, 15) is 13.5 Å².